The molecule has 0 atom stereocenters. The molecule has 0 unspecified atom stereocenters. The second kappa shape index (κ2) is 9.79. The Morgan fingerprint density at radius 3 is 1.32 bits per heavy atom. The Balaban J connectivity index is 2.11. The molecule has 3 aromatic carbocycles. The maximum atomic E-state index is 2.53. The Kier molecular flexibility index (Phi) is 6.99. The minimum atomic E-state index is -0.311. The summed E-state index contributed by atoms with van der Waals surface area (Å²) in [6, 6.07) is 21.4. The first-order valence-corrected chi connectivity index (χ1v) is 12.9. The van der Waals surface area contributed by atoms with Crippen LogP contribution in [0.3, 0.4) is 0 Å². The van der Waals surface area contributed by atoms with Crippen LogP contribution in [0.2, 0.25) is 0 Å². The van der Waals surface area contributed by atoms with Crippen LogP contribution in [-0.2, 0) is 5.41 Å². The number of hydrogen-bond donors (Lipinski definition) is 0. The molecule has 4 rings (SSSR count). The van der Waals surface area contributed by atoms with Crippen LogP contribution in [0.5, 0.6) is 0 Å². The molecular weight excluding hydrogens is 408 g/mol. The Bertz CT molecular complexity index is 1080. The summed E-state index contributed by atoms with van der Waals surface area (Å²) >= 11 is 0. The van der Waals surface area contributed by atoms with E-state index in [1.54, 1.807) is 0 Å². The van der Waals surface area contributed by atoms with Crippen LogP contribution in [0, 0.1) is 41.5 Å². The molecule has 0 heterocycles. The lowest BCUT2D eigenvalue weighted by Gasteiger charge is -2.39. The first kappa shape index (κ1) is 24.3. The van der Waals surface area contributed by atoms with Gasteiger partial charge in [0.15, 0.2) is 0 Å². The predicted octanol–water partition coefficient (Wildman–Crippen LogP) is 9.32. The number of hydrogen-bond acceptors (Lipinski definition) is 0. The summed E-state index contributed by atoms with van der Waals surface area (Å²) < 4.78 is 0. The van der Waals surface area contributed by atoms with Gasteiger partial charge < -0.3 is 0 Å². The zero-order chi connectivity index (χ0) is 24.5. The van der Waals surface area contributed by atoms with E-state index in [4.69, 9.17) is 0 Å². The van der Waals surface area contributed by atoms with E-state index in [1.807, 2.05) is 0 Å². The fourth-order valence-electron chi connectivity index (χ4n) is 6.03. The van der Waals surface area contributed by atoms with Gasteiger partial charge in [0.2, 0.25) is 0 Å². The zero-order valence-corrected chi connectivity index (χ0v) is 22.2. The molecule has 1 aliphatic carbocycles. The average Bonchev–Trinajstić information content (AvgIpc) is 3.20. The van der Waals surface area contributed by atoms with E-state index in [0.29, 0.717) is 0 Å². The zero-order valence-electron chi connectivity index (χ0n) is 22.2. The SMILES string of the molecule is CCCCC1=CCC(C(c2cc(C)cc(C)c2)(c2cc(C)cc(C)c2)c2cc(C)cc(C)c2)=C1. The summed E-state index contributed by atoms with van der Waals surface area (Å²) in [5.41, 5.74) is 14.8. The monoisotopic (exact) mass is 448 g/mol. The Hall–Kier alpha value is -2.86. The quantitative estimate of drug-likeness (QED) is 0.316. The normalized spacial score (nSPS) is 13.7. The molecule has 1 aliphatic rings. The molecular formula is C34H40. The van der Waals surface area contributed by atoms with Crippen molar-refractivity contribution in [2.24, 2.45) is 0 Å². The molecule has 0 saturated heterocycles. The van der Waals surface area contributed by atoms with Crippen LogP contribution >= 0.6 is 0 Å². The van der Waals surface area contributed by atoms with Gasteiger partial charge in [-0.2, -0.15) is 0 Å². The van der Waals surface area contributed by atoms with Crippen molar-refractivity contribution >= 4 is 0 Å². The predicted molar refractivity (Wildman–Crippen MR) is 148 cm³/mol. The van der Waals surface area contributed by atoms with Crippen LogP contribution in [0.4, 0.5) is 0 Å². The highest BCUT2D eigenvalue weighted by atomic mass is 14.4. The summed E-state index contributed by atoms with van der Waals surface area (Å²) in [7, 11) is 0. The van der Waals surface area contributed by atoms with Crippen molar-refractivity contribution in [3.63, 3.8) is 0 Å². The van der Waals surface area contributed by atoms with E-state index >= 15 is 0 Å². The standard InChI is InChI=1S/C34H40/c1-8-9-10-29-11-12-30(22-29)34(31-16-23(2)13-24(3)17-31,32-18-25(4)14-26(5)19-32)33-20-27(6)15-28(7)21-33/h11,13-22H,8-10,12H2,1-7H3. The van der Waals surface area contributed by atoms with Gasteiger partial charge in [0.05, 0.1) is 5.41 Å². The fraction of sp³-hybridized carbons (Fsp3) is 0.353. The molecule has 0 radical (unpaired) electrons. The molecule has 0 bridgehead atoms. The van der Waals surface area contributed by atoms with Crippen molar-refractivity contribution in [2.75, 3.05) is 0 Å². The third-order valence-corrected chi connectivity index (χ3v) is 7.21. The van der Waals surface area contributed by atoms with Gasteiger partial charge in [-0.05, 0) is 83.1 Å². The van der Waals surface area contributed by atoms with Gasteiger partial charge in [0.25, 0.3) is 0 Å². The number of rotatable bonds is 7. The lowest BCUT2D eigenvalue weighted by Crippen LogP contribution is -2.32. The highest BCUT2D eigenvalue weighted by molar-refractivity contribution is 5.64. The van der Waals surface area contributed by atoms with E-state index in [-0.39, 0.29) is 5.41 Å². The van der Waals surface area contributed by atoms with Crippen LogP contribution in [-0.4, -0.2) is 0 Å². The molecule has 0 heteroatoms. The number of unbranched alkanes of at least 4 members (excludes halogenated alkanes) is 1. The molecule has 0 N–H and O–H groups in total. The van der Waals surface area contributed by atoms with E-state index in [9.17, 15) is 0 Å². The average molecular weight is 449 g/mol. The minimum Gasteiger partial charge on any atom is -0.0772 e. The summed E-state index contributed by atoms with van der Waals surface area (Å²) in [4.78, 5) is 0. The van der Waals surface area contributed by atoms with Crippen molar-refractivity contribution < 1.29 is 0 Å². The summed E-state index contributed by atoms with van der Waals surface area (Å²) in [5, 5.41) is 0. The third-order valence-electron chi connectivity index (χ3n) is 7.21. The van der Waals surface area contributed by atoms with Crippen LogP contribution in [0.15, 0.2) is 77.9 Å². The number of allylic oxidation sites excluding steroid dienone is 4. The maximum Gasteiger partial charge on any atom is 0.0668 e. The van der Waals surface area contributed by atoms with Gasteiger partial charge in [-0.3, -0.25) is 0 Å². The van der Waals surface area contributed by atoms with Gasteiger partial charge in [0.1, 0.15) is 0 Å². The molecule has 0 fully saturated rings. The van der Waals surface area contributed by atoms with Crippen molar-refractivity contribution in [3.8, 4) is 0 Å². The topological polar surface area (TPSA) is 0 Å². The molecule has 0 spiro atoms. The first-order valence-electron chi connectivity index (χ1n) is 12.9. The van der Waals surface area contributed by atoms with Crippen molar-refractivity contribution in [1.82, 2.24) is 0 Å². The van der Waals surface area contributed by atoms with Crippen LogP contribution < -0.4 is 0 Å². The van der Waals surface area contributed by atoms with Crippen LogP contribution in [0.1, 0.15) is 82.7 Å². The summed E-state index contributed by atoms with van der Waals surface area (Å²) in [6.07, 6.45) is 9.67. The highest BCUT2D eigenvalue weighted by Crippen LogP contribution is 2.50. The van der Waals surface area contributed by atoms with Gasteiger partial charge in [-0.15, -0.1) is 0 Å². The van der Waals surface area contributed by atoms with Crippen LogP contribution in [0.25, 0.3) is 0 Å². The highest BCUT2D eigenvalue weighted by Gasteiger charge is 2.41. The molecule has 0 nitrogen and oxygen atoms in total. The number of benzene rings is 3. The third kappa shape index (κ3) is 4.69. The molecule has 0 saturated carbocycles. The number of aryl methyl sites for hydroxylation is 6. The minimum absolute atomic E-state index is 0.311. The molecule has 176 valence electrons. The second-order valence-corrected chi connectivity index (χ2v) is 10.6. The maximum absolute atomic E-state index is 2.53. The van der Waals surface area contributed by atoms with Crippen molar-refractivity contribution in [1.29, 1.82) is 0 Å². The van der Waals surface area contributed by atoms with E-state index in [2.05, 4.69) is 115 Å². The molecule has 0 amide bonds. The molecule has 3 aromatic rings. The summed E-state index contributed by atoms with van der Waals surface area (Å²) in [6.45, 7) is 15.7. The first-order chi connectivity index (χ1) is 16.2. The second-order valence-electron chi connectivity index (χ2n) is 10.6. The lowest BCUT2D eigenvalue weighted by atomic mass is 9.63. The Morgan fingerprint density at radius 1 is 0.588 bits per heavy atom. The van der Waals surface area contributed by atoms with Crippen molar-refractivity contribution in [3.05, 3.63) is 128 Å². The van der Waals surface area contributed by atoms with Gasteiger partial charge >= 0.3 is 0 Å². The van der Waals surface area contributed by atoms with E-state index in [1.165, 1.54) is 80.5 Å². The van der Waals surface area contributed by atoms with Crippen molar-refractivity contribution in [2.45, 2.75) is 79.6 Å². The molecule has 0 aliphatic heterocycles. The molecule has 34 heavy (non-hydrogen) atoms. The van der Waals surface area contributed by atoms with E-state index < -0.39 is 0 Å². The lowest BCUT2D eigenvalue weighted by molar-refractivity contribution is 0.706. The Morgan fingerprint density at radius 2 is 0.971 bits per heavy atom. The smallest absolute Gasteiger partial charge is 0.0668 e. The molecule has 0 aromatic heterocycles. The van der Waals surface area contributed by atoms with E-state index in [0.717, 1.165) is 6.42 Å². The summed E-state index contributed by atoms with van der Waals surface area (Å²) in [5.74, 6) is 0. The Labute approximate surface area is 207 Å². The van der Waals surface area contributed by atoms with Gasteiger partial charge in [-0.1, -0.05) is 119 Å². The largest absolute Gasteiger partial charge is 0.0772 e. The fourth-order valence-corrected chi connectivity index (χ4v) is 6.03. The van der Waals surface area contributed by atoms with Gasteiger partial charge in [0, 0.05) is 0 Å². The van der Waals surface area contributed by atoms with Gasteiger partial charge in [-0.25, -0.2) is 0 Å².